The second-order valence-electron chi connectivity index (χ2n) is 2.99. The molecule has 0 spiro atoms. The predicted octanol–water partition coefficient (Wildman–Crippen LogP) is 3.41. The summed E-state index contributed by atoms with van der Waals surface area (Å²) in [6.45, 7) is 2.35. The summed E-state index contributed by atoms with van der Waals surface area (Å²) in [5.41, 5.74) is 1.02. The molecule has 0 N–H and O–H groups in total. The van der Waals surface area contributed by atoms with E-state index in [1.807, 2.05) is 24.3 Å². The first-order chi connectivity index (χ1) is 6.79. The monoisotopic (exact) mass is 214 g/mol. The quantitative estimate of drug-likeness (QED) is 0.700. The van der Waals surface area contributed by atoms with E-state index in [9.17, 15) is 0 Å². The Morgan fingerprint density at radius 2 is 2.07 bits per heavy atom. The molecule has 0 fully saturated rings. The van der Waals surface area contributed by atoms with Gasteiger partial charge in [0.05, 0.1) is 6.10 Å². The highest BCUT2D eigenvalue weighted by atomic mass is 35.5. The molecule has 0 saturated heterocycles. The minimum absolute atomic E-state index is 0.0173. The first kappa shape index (κ1) is 11.5. The number of benzene rings is 1. The molecule has 1 atom stereocenters. The first-order valence-electron chi connectivity index (χ1n) is 4.64. The van der Waals surface area contributed by atoms with Crippen LogP contribution in [0.5, 0.6) is 0 Å². The summed E-state index contributed by atoms with van der Waals surface area (Å²) in [7, 11) is 1.61. The minimum Gasteiger partial charge on any atom is -0.359 e. The topological polar surface area (TPSA) is 18.5 Å². The van der Waals surface area contributed by atoms with Gasteiger partial charge in [0.1, 0.15) is 6.79 Å². The molecule has 1 aromatic carbocycles. The maximum Gasteiger partial charge on any atom is 0.147 e. The Balaban J connectivity index is 2.73. The van der Waals surface area contributed by atoms with Crippen LogP contribution in [0.4, 0.5) is 0 Å². The van der Waals surface area contributed by atoms with Crippen LogP contribution in [0.25, 0.3) is 0 Å². The Kier molecular flexibility index (Phi) is 4.94. The molecule has 0 bridgehead atoms. The molecule has 3 heteroatoms. The molecule has 0 aliphatic heterocycles. The van der Waals surface area contributed by atoms with E-state index in [1.165, 1.54) is 0 Å². The van der Waals surface area contributed by atoms with E-state index in [-0.39, 0.29) is 6.10 Å². The summed E-state index contributed by atoms with van der Waals surface area (Å²) in [4.78, 5) is 0. The number of rotatable bonds is 5. The average Bonchev–Trinajstić information content (AvgIpc) is 2.21. The van der Waals surface area contributed by atoms with E-state index in [4.69, 9.17) is 21.1 Å². The highest BCUT2D eigenvalue weighted by Gasteiger charge is 2.12. The van der Waals surface area contributed by atoms with Gasteiger partial charge in [-0.1, -0.05) is 36.7 Å². The Morgan fingerprint density at radius 1 is 1.36 bits per heavy atom. The second-order valence-corrected chi connectivity index (χ2v) is 3.40. The lowest BCUT2D eigenvalue weighted by Gasteiger charge is -2.16. The molecule has 14 heavy (non-hydrogen) atoms. The van der Waals surface area contributed by atoms with Crippen molar-refractivity contribution in [2.45, 2.75) is 19.4 Å². The molecular formula is C11H15ClO2. The van der Waals surface area contributed by atoms with Gasteiger partial charge in [0.25, 0.3) is 0 Å². The molecule has 0 heterocycles. The molecule has 0 saturated carbocycles. The summed E-state index contributed by atoms with van der Waals surface area (Å²) in [6, 6.07) is 7.72. The van der Waals surface area contributed by atoms with Gasteiger partial charge in [0, 0.05) is 12.1 Å². The molecule has 0 aliphatic carbocycles. The molecule has 0 radical (unpaired) electrons. The fourth-order valence-corrected chi connectivity index (χ4v) is 1.57. The van der Waals surface area contributed by atoms with Gasteiger partial charge in [-0.05, 0) is 18.1 Å². The lowest BCUT2D eigenvalue weighted by atomic mass is 10.1. The largest absolute Gasteiger partial charge is 0.359 e. The van der Waals surface area contributed by atoms with Crippen molar-refractivity contribution in [3.05, 3.63) is 34.9 Å². The van der Waals surface area contributed by atoms with E-state index in [0.29, 0.717) is 6.79 Å². The van der Waals surface area contributed by atoms with Gasteiger partial charge < -0.3 is 9.47 Å². The van der Waals surface area contributed by atoms with Crippen LogP contribution >= 0.6 is 11.6 Å². The predicted molar refractivity (Wildman–Crippen MR) is 57.4 cm³/mol. The van der Waals surface area contributed by atoms with E-state index >= 15 is 0 Å². The van der Waals surface area contributed by atoms with E-state index in [1.54, 1.807) is 7.11 Å². The first-order valence-corrected chi connectivity index (χ1v) is 5.02. The molecule has 0 aliphatic rings. The molecule has 0 aromatic heterocycles. The Hall–Kier alpha value is -0.570. The fraction of sp³-hybridized carbons (Fsp3) is 0.455. The van der Waals surface area contributed by atoms with Crippen molar-refractivity contribution in [1.82, 2.24) is 0 Å². The average molecular weight is 215 g/mol. The van der Waals surface area contributed by atoms with Gasteiger partial charge in [-0.2, -0.15) is 0 Å². The highest BCUT2D eigenvalue weighted by molar-refractivity contribution is 6.31. The Morgan fingerprint density at radius 3 is 2.64 bits per heavy atom. The molecule has 0 amide bonds. The van der Waals surface area contributed by atoms with Crippen LogP contribution in [0.2, 0.25) is 5.02 Å². The maximum atomic E-state index is 6.06. The summed E-state index contributed by atoms with van der Waals surface area (Å²) < 4.78 is 10.4. The van der Waals surface area contributed by atoms with E-state index in [2.05, 4.69) is 6.92 Å². The van der Waals surface area contributed by atoms with Crippen molar-refractivity contribution in [2.24, 2.45) is 0 Å². The summed E-state index contributed by atoms with van der Waals surface area (Å²) in [5, 5.41) is 0.746. The number of hydrogen-bond acceptors (Lipinski definition) is 2. The van der Waals surface area contributed by atoms with Crippen molar-refractivity contribution in [2.75, 3.05) is 13.9 Å². The lowest BCUT2D eigenvalue weighted by molar-refractivity contribution is -0.0742. The fourth-order valence-electron chi connectivity index (χ4n) is 1.31. The zero-order valence-corrected chi connectivity index (χ0v) is 9.25. The molecular weight excluding hydrogens is 200 g/mol. The van der Waals surface area contributed by atoms with Crippen molar-refractivity contribution >= 4 is 11.6 Å². The van der Waals surface area contributed by atoms with Gasteiger partial charge in [0.2, 0.25) is 0 Å². The van der Waals surface area contributed by atoms with E-state index < -0.39 is 0 Å². The van der Waals surface area contributed by atoms with Crippen LogP contribution in [0.3, 0.4) is 0 Å². The van der Waals surface area contributed by atoms with E-state index in [0.717, 1.165) is 17.0 Å². The summed E-state index contributed by atoms with van der Waals surface area (Å²) in [5.74, 6) is 0. The maximum absolute atomic E-state index is 6.06. The minimum atomic E-state index is 0.0173. The van der Waals surface area contributed by atoms with Crippen LogP contribution < -0.4 is 0 Å². The van der Waals surface area contributed by atoms with Gasteiger partial charge in [-0.25, -0.2) is 0 Å². The Labute approximate surface area is 89.8 Å². The van der Waals surface area contributed by atoms with Crippen LogP contribution in [0.1, 0.15) is 25.0 Å². The molecule has 1 aromatic rings. The second kappa shape index (κ2) is 6.02. The zero-order chi connectivity index (χ0) is 10.4. The Bertz CT molecular complexity index is 276. The highest BCUT2D eigenvalue weighted by Crippen LogP contribution is 2.27. The van der Waals surface area contributed by atoms with Crippen LogP contribution in [-0.2, 0) is 9.47 Å². The van der Waals surface area contributed by atoms with Crippen LogP contribution in [0, 0.1) is 0 Å². The summed E-state index contributed by atoms with van der Waals surface area (Å²) in [6.07, 6.45) is 0.899. The van der Waals surface area contributed by atoms with Crippen molar-refractivity contribution in [1.29, 1.82) is 0 Å². The standard InChI is InChI=1S/C11H15ClO2/c1-3-11(14-8-13-2)9-6-4-5-7-10(9)12/h4-7,11H,3,8H2,1-2H3. The molecule has 2 nitrogen and oxygen atoms in total. The number of halogens is 1. The van der Waals surface area contributed by atoms with Gasteiger partial charge in [-0.3, -0.25) is 0 Å². The van der Waals surface area contributed by atoms with Crippen LogP contribution in [-0.4, -0.2) is 13.9 Å². The molecule has 1 rings (SSSR count). The third-order valence-electron chi connectivity index (χ3n) is 2.01. The smallest absolute Gasteiger partial charge is 0.147 e. The number of hydrogen-bond donors (Lipinski definition) is 0. The van der Waals surface area contributed by atoms with Crippen molar-refractivity contribution in [3.63, 3.8) is 0 Å². The van der Waals surface area contributed by atoms with Crippen molar-refractivity contribution < 1.29 is 9.47 Å². The lowest BCUT2D eigenvalue weighted by Crippen LogP contribution is -2.06. The molecule has 1 unspecified atom stereocenters. The van der Waals surface area contributed by atoms with Gasteiger partial charge in [-0.15, -0.1) is 0 Å². The third kappa shape index (κ3) is 2.98. The summed E-state index contributed by atoms with van der Waals surface area (Å²) >= 11 is 6.06. The molecule has 78 valence electrons. The van der Waals surface area contributed by atoms with Crippen molar-refractivity contribution in [3.8, 4) is 0 Å². The number of methoxy groups -OCH3 is 1. The number of ether oxygens (including phenoxy) is 2. The van der Waals surface area contributed by atoms with Crippen LogP contribution in [0.15, 0.2) is 24.3 Å². The zero-order valence-electron chi connectivity index (χ0n) is 8.50. The van der Waals surface area contributed by atoms with Gasteiger partial charge in [0.15, 0.2) is 0 Å². The SMILES string of the molecule is CCC(OCOC)c1ccccc1Cl. The van der Waals surface area contributed by atoms with Gasteiger partial charge >= 0.3 is 0 Å². The third-order valence-corrected chi connectivity index (χ3v) is 2.35. The normalized spacial score (nSPS) is 12.8.